The molecular formula is C38H43F3N4O3Si. The molecule has 0 aliphatic rings. The fourth-order valence-corrected chi connectivity index (χ4v) is 10.8. The minimum Gasteiger partial charge on any atom is -0.407 e. The zero-order valence-electron chi connectivity index (χ0n) is 28.5. The van der Waals surface area contributed by atoms with Gasteiger partial charge in [0.05, 0.1) is 11.1 Å². The number of alkyl halides is 3. The van der Waals surface area contributed by atoms with Gasteiger partial charge in [-0.2, -0.15) is 18.3 Å². The molecule has 0 atom stereocenters. The summed E-state index contributed by atoms with van der Waals surface area (Å²) in [5, 5.41) is 21.0. The van der Waals surface area contributed by atoms with Crippen LogP contribution in [0.5, 0.6) is 0 Å². The van der Waals surface area contributed by atoms with Gasteiger partial charge in [0.25, 0.3) is 14.2 Å². The summed E-state index contributed by atoms with van der Waals surface area (Å²) >= 11 is 0. The van der Waals surface area contributed by atoms with Gasteiger partial charge in [-0.3, -0.25) is 4.79 Å². The quantitative estimate of drug-likeness (QED) is 0.104. The Kier molecular flexibility index (Phi) is 10.5. The van der Waals surface area contributed by atoms with Crippen molar-refractivity contribution in [2.24, 2.45) is 0 Å². The molecule has 2 aromatic heterocycles. The standard InChI is InChI=1S/C38H43F3N4O3Si/c1-36(2,3)49(28-16-9-6-10-17-28,29-18-11-7-12-19-29)48-25-14-8-13-24-45-34(30-23-22-27(37(4,5)47)26-32(30)44-45)43-35(46)31-20-15-21-33(42-31)38(39,40)41/h6-7,9-12,15-23,26,47H,8,13-14,24-25H2,1-5H3,(H,43,46). The second-order valence-corrected chi connectivity index (χ2v) is 18.1. The van der Waals surface area contributed by atoms with E-state index in [1.54, 1.807) is 36.7 Å². The molecule has 49 heavy (non-hydrogen) atoms. The van der Waals surface area contributed by atoms with Gasteiger partial charge in [-0.1, -0.05) is 93.6 Å². The van der Waals surface area contributed by atoms with Gasteiger partial charge in [0, 0.05) is 18.5 Å². The van der Waals surface area contributed by atoms with Crippen molar-refractivity contribution in [3.8, 4) is 0 Å². The second kappa shape index (κ2) is 14.3. The third-order valence-corrected chi connectivity index (χ3v) is 13.7. The Morgan fingerprint density at radius 2 is 1.47 bits per heavy atom. The van der Waals surface area contributed by atoms with Gasteiger partial charge in [-0.15, -0.1) is 0 Å². The number of nitrogens with zero attached hydrogens (tertiary/aromatic N) is 3. The number of carbonyl (C=O) groups excluding carboxylic acids is 1. The van der Waals surface area contributed by atoms with Gasteiger partial charge in [0.15, 0.2) is 0 Å². The van der Waals surface area contributed by atoms with Crippen molar-refractivity contribution in [3.63, 3.8) is 0 Å². The van der Waals surface area contributed by atoms with Crippen LogP contribution in [0.15, 0.2) is 97.1 Å². The third kappa shape index (κ3) is 7.95. The van der Waals surface area contributed by atoms with E-state index >= 15 is 0 Å². The summed E-state index contributed by atoms with van der Waals surface area (Å²) in [5.41, 5.74) is -1.43. The van der Waals surface area contributed by atoms with Crippen LogP contribution in [0.2, 0.25) is 5.04 Å². The average Bonchev–Trinajstić information content (AvgIpc) is 3.40. The van der Waals surface area contributed by atoms with E-state index in [2.05, 4.69) is 79.6 Å². The molecule has 2 heterocycles. The lowest BCUT2D eigenvalue weighted by Gasteiger charge is -2.43. The lowest BCUT2D eigenvalue weighted by molar-refractivity contribution is -0.141. The number of fused-ring (bicyclic) bond motifs is 1. The molecule has 2 N–H and O–H groups in total. The monoisotopic (exact) mass is 688 g/mol. The SMILES string of the molecule is CC(C)(O)c1ccc2c(NC(=O)c3cccc(C(F)(F)F)n3)n(CCCCCO[Si](c3ccccc3)(c3ccccc3)C(C)(C)C)nc2c1. The summed E-state index contributed by atoms with van der Waals surface area (Å²) in [6, 6.07) is 29.4. The highest BCUT2D eigenvalue weighted by atomic mass is 28.4. The Morgan fingerprint density at radius 3 is 2.04 bits per heavy atom. The van der Waals surface area contributed by atoms with Crippen LogP contribution in [0.4, 0.5) is 19.0 Å². The summed E-state index contributed by atoms with van der Waals surface area (Å²) < 4.78 is 48.6. The van der Waals surface area contributed by atoms with E-state index < -0.39 is 31.7 Å². The van der Waals surface area contributed by atoms with E-state index in [-0.39, 0.29) is 10.7 Å². The number of rotatable bonds is 12. The highest BCUT2D eigenvalue weighted by Gasteiger charge is 2.50. The molecule has 0 spiro atoms. The molecule has 7 nitrogen and oxygen atoms in total. The Morgan fingerprint density at radius 1 is 0.837 bits per heavy atom. The van der Waals surface area contributed by atoms with E-state index in [1.807, 2.05) is 12.1 Å². The molecule has 0 saturated carbocycles. The first-order valence-electron chi connectivity index (χ1n) is 16.5. The van der Waals surface area contributed by atoms with Crippen molar-refractivity contribution >= 4 is 41.3 Å². The number of carbonyl (C=O) groups is 1. The normalized spacial score (nSPS) is 12.8. The number of aliphatic hydroxyl groups is 1. The molecule has 3 aromatic carbocycles. The summed E-state index contributed by atoms with van der Waals surface area (Å²) in [6.45, 7) is 11.1. The average molecular weight is 689 g/mol. The van der Waals surface area contributed by atoms with Crippen LogP contribution in [-0.4, -0.2) is 40.7 Å². The summed E-state index contributed by atoms with van der Waals surface area (Å²) in [4.78, 5) is 16.7. The number of unbranched alkanes of at least 4 members (excludes halogenated alkanes) is 2. The van der Waals surface area contributed by atoms with Crippen LogP contribution >= 0.6 is 0 Å². The van der Waals surface area contributed by atoms with Crippen molar-refractivity contribution in [1.82, 2.24) is 14.8 Å². The van der Waals surface area contributed by atoms with Gasteiger partial charge in [0.1, 0.15) is 17.2 Å². The van der Waals surface area contributed by atoms with E-state index in [9.17, 15) is 23.1 Å². The molecule has 0 bridgehead atoms. The van der Waals surface area contributed by atoms with Gasteiger partial charge >= 0.3 is 6.18 Å². The fourth-order valence-electron chi connectivity index (χ4n) is 6.23. The maximum Gasteiger partial charge on any atom is 0.433 e. The minimum absolute atomic E-state index is 0.131. The zero-order valence-corrected chi connectivity index (χ0v) is 29.5. The maximum absolute atomic E-state index is 13.3. The summed E-state index contributed by atoms with van der Waals surface area (Å²) in [6.07, 6.45) is -2.36. The lowest BCUT2D eigenvalue weighted by atomic mass is 9.97. The molecule has 11 heteroatoms. The smallest absolute Gasteiger partial charge is 0.407 e. The minimum atomic E-state index is -4.68. The molecule has 5 rings (SSSR count). The molecule has 0 fully saturated rings. The molecular weight excluding hydrogens is 646 g/mol. The van der Waals surface area contributed by atoms with Crippen molar-refractivity contribution in [3.05, 3.63) is 114 Å². The summed E-state index contributed by atoms with van der Waals surface area (Å²) in [5.74, 6) is -0.426. The zero-order chi connectivity index (χ0) is 35.5. The van der Waals surface area contributed by atoms with Crippen molar-refractivity contribution in [2.45, 2.75) is 77.2 Å². The van der Waals surface area contributed by atoms with Crippen LogP contribution in [0.25, 0.3) is 10.9 Å². The molecule has 0 aliphatic heterocycles. The first-order chi connectivity index (χ1) is 23.1. The number of hydrogen-bond donors (Lipinski definition) is 2. The molecule has 0 aliphatic carbocycles. The number of aryl methyl sites for hydroxylation is 1. The van der Waals surface area contributed by atoms with Crippen LogP contribution < -0.4 is 15.7 Å². The number of aromatic nitrogens is 3. The van der Waals surface area contributed by atoms with Crippen molar-refractivity contribution < 1.29 is 27.5 Å². The Balaban J connectivity index is 1.34. The van der Waals surface area contributed by atoms with Crippen molar-refractivity contribution in [2.75, 3.05) is 11.9 Å². The third-order valence-electron chi connectivity index (χ3n) is 8.70. The first-order valence-corrected chi connectivity index (χ1v) is 18.4. The Labute approximate surface area is 286 Å². The van der Waals surface area contributed by atoms with E-state index in [1.165, 1.54) is 16.4 Å². The predicted molar refractivity (Wildman–Crippen MR) is 190 cm³/mol. The molecule has 5 aromatic rings. The van der Waals surface area contributed by atoms with Crippen LogP contribution in [-0.2, 0) is 22.7 Å². The fraction of sp³-hybridized carbons (Fsp3) is 0.342. The number of benzene rings is 3. The maximum atomic E-state index is 13.3. The molecule has 0 unspecified atom stereocenters. The molecule has 1 amide bonds. The van der Waals surface area contributed by atoms with E-state index in [4.69, 9.17) is 9.52 Å². The van der Waals surface area contributed by atoms with Gasteiger partial charge < -0.3 is 14.8 Å². The first kappa shape index (κ1) is 36.0. The predicted octanol–water partition coefficient (Wildman–Crippen LogP) is 7.68. The Bertz CT molecular complexity index is 1840. The van der Waals surface area contributed by atoms with Crippen LogP contribution in [0, 0.1) is 0 Å². The van der Waals surface area contributed by atoms with Crippen LogP contribution in [0.3, 0.4) is 0 Å². The molecule has 0 saturated heterocycles. The topological polar surface area (TPSA) is 89.3 Å². The van der Waals surface area contributed by atoms with Gasteiger partial charge in [-0.05, 0) is 78.4 Å². The van der Waals surface area contributed by atoms with E-state index in [0.717, 1.165) is 25.0 Å². The molecule has 0 radical (unpaired) electrons. The largest absolute Gasteiger partial charge is 0.433 e. The highest BCUT2D eigenvalue weighted by Crippen LogP contribution is 2.37. The number of halogens is 3. The number of hydrogen-bond acceptors (Lipinski definition) is 5. The number of amides is 1. The number of anilines is 1. The second-order valence-electron chi connectivity index (χ2n) is 13.8. The highest BCUT2D eigenvalue weighted by molar-refractivity contribution is 6.99. The molecule has 258 valence electrons. The van der Waals surface area contributed by atoms with Gasteiger partial charge in [0.2, 0.25) is 0 Å². The number of nitrogens with one attached hydrogen (secondary N) is 1. The summed E-state index contributed by atoms with van der Waals surface area (Å²) in [7, 11) is -2.65. The van der Waals surface area contributed by atoms with Crippen molar-refractivity contribution in [1.29, 1.82) is 0 Å². The Hall–Kier alpha value is -4.32. The lowest BCUT2D eigenvalue weighted by Crippen LogP contribution is -2.66. The number of pyridine rings is 1. The van der Waals surface area contributed by atoms with E-state index in [0.29, 0.717) is 41.9 Å². The van der Waals surface area contributed by atoms with Gasteiger partial charge in [-0.25, -0.2) is 9.67 Å². The van der Waals surface area contributed by atoms with Crippen LogP contribution in [0.1, 0.15) is 75.6 Å².